The molecule has 0 amide bonds. The van der Waals surface area contributed by atoms with E-state index in [1.54, 1.807) is 11.1 Å². The largest absolute Gasteiger partial charge is 0.0999 e. The Bertz CT molecular complexity index is 647. The lowest BCUT2D eigenvalue weighted by atomic mass is 9.49. The molecule has 0 heterocycles. The quantitative estimate of drug-likeness (QED) is 0.415. The molecule has 0 bridgehead atoms. The van der Waals surface area contributed by atoms with E-state index in [0.29, 0.717) is 5.41 Å². The van der Waals surface area contributed by atoms with E-state index in [9.17, 15) is 0 Å². The summed E-state index contributed by atoms with van der Waals surface area (Å²) in [6.45, 7) is 20.6. The fourth-order valence-corrected chi connectivity index (χ4v) is 7.14. The van der Waals surface area contributed by atoms with Crippen LogP contribution in [-0.4, -0.2) is 0 Å². The van der Waals surface area contributed by atoms with Crippen molar-refractivity contribution in [2.75, 3.05) is 0 Å². The minimum absolute atomic E-state index is 0.256. The van der Waals surface area contributed by atoms with Crippen LogP contribution in [0.25, 0.3) is 0 Å². The highest BCUT2D eigenvalue weighted by Crippen LogP contribution is 2.65. The zero-order valence-corrected chi connectivity index (χ0v) is 18.6. The van der Waals surface area contributed by atoms with Crippen LogP contribution in [0.1, 0.15) is 86.0 Å². The molecule has 0 aromatic carbocycles. The Morgan fingerprint density at radius 3 is 2.63 bits per heavy atom. The average Bonchev–Trinajstić information content (AvgIpc) is 2.96. The summed E-state index contributed by atoms with van der Waals surface area (Å²) in [6, 6.07) is 0. The Morgan fingerprint density at radius 2 is 2.00 bits per heavy atom. The summed E-state index contributed by atoms with van der Waals surface area (Å²) in [4.78, 5) is 0. The molecule has 150 valence electrons. The summed E-state index contributed by atoms with van der Waals surface area (Å²) in [6.07, 6.45) is 17.3. The van der Waals surface area contributed by atoms with Crippen LogP contribution < -0.4 is 0 Å². The Kier molecular flexibility index (Phi) is 5.95. The fourth-order valence-electron chi connectivity index (χ4n) is 7.14. The molecule has 0 spiro atoms. The molecule has 0 radical (unpaired) electrons. The van der Waals surface area contributed by atoms with Crippen LogP contribution in [0.2, 0.25) is 0 Å². The van der Waals surface area contributed by atoms with Crippen LogP contribution in [0.5, 0.6) is 0 Å². The number of fused-ring (bicyclic) bond motifs is 3. The van der Waals surface area contributed by atoms with E-state index >= 15 is 0 Å². The van der Waals surface area contributed by atoms with Gasteiger partial charge in [0.05, 0.1) is 0 Å². The summed E-state index contributed by atoms with van der Waals surface area (Å²) in [5.41, 5.74) is 5.61. The first kappa shape index (κ1) is 20.7. The molecule has 2 saturated carbocycles. The first-order valence-electron chi connectivity index (χ1n) is 11.5. The number of allylic oxidation sites excluding steroid dienone is 6. The van der Waals surface area contributed by atoms with Crippen molar-refractivity contribution in [3.8, 4) is 0 Å². The van der Waals surface area contributed by atoms with Gasteiger partial charge in [-0.3, -0.25) is 0 Å². The van der Waals surface area contributed by atoms with Crippen molar-refractivity contribution >= 4 is 0 Å². The Hall–Kier alpha value is -1.04. The third-order valence-electron chi connectivity index (χ3n) is 8.77. The molecule has 2 fully saturated rings. The van der Waals surface area contributed by atoms with Gasteiger partial charge in [0, 0.05) is 5.41 Å². The topological polar surface area (TPSA) is 0 Å². The van der Waals surface area contributed by atoms with Crippen molar-refractivity contribution < 1.29 is 0 Å². The third kappa shape index (κ3) is 3.32. The van der Waals surface area contributed by atoms with Gasteiger partial charge in [-0.1, -0.05) is 89.1 Å². The van der Waals surface area contributed by atoms with Crippen LogP contribution in [0.4, 0.5) is 0 Å². The molecule has 0 nitrogen and oxygen atoms in total. The van der Waals surface area contributed by atoms with Gasteiger partial charge in [-0.15, -0.1) is 0 Å². The van der Waals surface area contributed by atoms with E-state index in [1.807, 2.05) is 6.08 Å². The van der Waals surface area contributed by atoms with Gasteiger partial charge in [0.2, 0.25) is 0 Å². The normalized spacial score (nSPS) is 42.4. The van der Waals surface area contributed by atoms with Crippen LogP contribution in [-0.2, 0) is 0 Å². The zero-order chi connectivity index (χ0) is 19.8. The Morgan fingerprint density at radius 1 is 1.26 bits per heavy atom. The minimum atomic E-state index is 0.256. The third-order valence-corrected chi connectivity index (χ3v) is 8.77. The highest BCUT2D eigenvalue weighted by molar-refractivity contribution is 5.39. The van der Waals surface area contributed by atoms with E-state index in [-0.39, 0.29) is 5.41 Å². The standard InChI is InChI=1S/C27H42/c1-8-11-21-18-20(5)25-23-13-12-22(17-19(4)10-3)27(23,7)16-14-24(25)26(21,6)15-9-2/h8,11,14,20,22-23,25H,1,4,9-10,12-13,15-18H2,2-3,5-7H3/b21-11-/t20-,22?,23?,25?,26?,27?/m1/s1. The summed E-state index contributed by atoms with van der Waals surface area (Å²) in [5, 5.41) is 0. The minimum Gasteiger partial charge on any atom is -0.0999 e. The lowest BCUT2D eigenvalue weighted by molar-refractivity contribution is 0.0609. The zero-order valence-electron chi connectivity index (χ0n) is 18.6. The highest BCUT2D eigenvalue weighted by Gasteiger charge is 2.56. The van der Waals surface area contributed by atoms with E-state index in [0.717, 1.165) is 30.1 Å². The maximum Gasteiger partial charge on any atom is 0.00983 e. The summed E-state index contributed by atoms with van der Waals surface area (Å²) in [7, 11) is 0. The second-order valence-electron chi connectivity index (χ2n) is 10.3. The Balaban J connectivity index is 1.99. The predicted octanol–water partition coefficient (Wildman–Crippen LogP) is 8.28. The summed E-state index contributed by atoms with van der Waals surface area (Å²) >= 11 is 0. The molecule has 6 atom stereocenters. The second-order valence-corrected chi connectivity index (χ2v) is 10.3. The van der Waals surface area contributed by atoms with Gasteiger partial charge in [-0.2, -0.15) is 0 Å². The Labute approximate surface area is 168 Å². The van der Waals surface area contributed by atoms with Gasteiger partial charge in [0.15, 0.2) is 0 Å². The molecule has 3 rings (SSSR count). The molecule has 5 unspecified atom stereocenters. The van der Waals surface area contributed by atoms with Crippen molar-refractivity contribution in [1.29, 1.82) is 0 Å². The average molecular weight is 367 g/mol. The molecule has 0 aliphatic heterocycles. The smallest absolute Gasteiger partial charge is 0.00983 e. The van der Waals surface area contributed by atoms with Crippen LogP contribution in [0.15, 0.2) is 48.1 Å². The predicted molar refractivity (Wildman–Crippen MR) is 120 cm³/mol. The second kappa shape index (κ2) is 7.76. The SMILES string of the molecule is C=C/C=C1/C[C@@H](C)C2C(=CCC3(C)C(CC(=C)CC)CCC23)C1(C)CCC. The summed E-state index contributed by atoms with van der Waals surface area (Å²) in [5.74, 6) is 3.23. The maximum atomic E-state index is 4.35. The van der Waals surface area contributed by atoms with Gasteiger partial charge >= 0.3 is 0 Å². The molecule has 0 aromatic rings. The highest BCUT2D eigenvalue weighted by atomic mass is 14.6. The van der Waals surface area contributed by atoms with Crippen LogP contribution >= 0.6 is 0 Å². The van der Waals surface area contributed by atoms with Crippen LogP contribution in [0, 0.1) is 34.5 Å². The van der Waals surface area contributed by atoms with Gasteiger partial charge in [-0.25, -0.2) is 0 Å². The molecule has 0 aromatic heterocycles. The number of hydrogen-bond acceptors (Lipinski definition) is 0. The first-order chi connectivity index (χ1) is 12.8. The lowest BCUT2D eigenvalue weighted by Crippen LogP contribution is -2.46. The molecule has 27 heavy (non-hydrogen) atoms. The van der Waals surface area contributed by atoms with Crippen molar-refractivity contribution in [1.82, 2.24) is 0 Å². The van der Waals surface area contributed by atoms with Crippen molar-refractivity contribution in [2.45, 2.75) is 86.0 Å². The van der Waals surface area contributed by atoms with Crippen molar-refractivity contribution in [3.05, 3.63) is 48.1 Å². The van der Waals surface area contributed by atoms with Crippen molar-refractivity contribution in [2.24, 2.45) is 34.5 Å². The molecule has 0 heteroatoms. The van der Waals surface area contributed by atoms with E-state index < -0.39 is 0 Å². The van der Waals surface area contributed by atoms with Crippen molar-refractivity contribution in [3.63, 3.8) is 0 Å². The lowest BCUT2D eigenvalue weighted by Gasteiger charge is -2.55. The number of rotatable bonds is 6. The summed E-state index contributed by atoms with van der Waals surface area (Å²) < 4.78 is 0. The molecule has 3 aliphatic carbocycles. The first-order valence-corrected chi connectivity index (χ1v) is 11.5. The van der Waals surface area contributed by atoms with E-state index in [1.165, 1.54) is 50.5 Å². The van der Waals surface area contributed by atoms with Gasteiger partial charge < -0.3 is 0 Å². The monoisotopic (exact) mass is 366 g/mol. The fraction of sp³-hybridized carbons (Fsp3) is 0.704. The number of hydrogen-bond donors (Lipinski definition) is 0. The van der Waals surface area contributed by atoms with Gasteiger partial charge in [0.1, 0.15) is 0 Å². The van der Waals surface area contributed by atoms with Gasteiger partial charge in [-0.05, 0) is 74.0 Å². The van der Waals surface area contributed by atoms with E-state index in [2.05, 4.69) is 59.9 Å². The van der Waals surface area contributed by atoms with Gasteiger partial charge in [0.25, 0.3) is 0 Å². The molecule has 0 N–H and O–H groups in total. The molecular formula is C27H42. The molecule has 0 saturated heterocycles. The molecular weight excluding hydrogens is 324 g/mol. The maximum absolute atomic E-state index is 4.35. The molecule has 3 aliphatic rings. The van der Waals surface area contributed by atoms with Crippen LogP contribution in [0.3, 0.4) is 0 Å². The van der Waals surface area contributed by atoms with E-state index in [4.69, 9.17) is 0 Å².